The number of benzene rings is 2. The molecule has 3 rings (SSSR count). The third kappa shape index (κ3) is 4.27. The summed E-state index contributed by atoms with van der Waals surface area (Å²) in [5.41, 5.74) is 4.96. The van der Waals surface area contributed by atoms with E-state index in [0.29, 0.717) is 10.7 Å². The predicted octanol–water partition coefficient (Wildman–Crippen LogP) is 2.75. The van der Waals surface area contributed by atoms with Gasteiger partial charge in [-0.05, 0) is 17.7 Å². The number of hydrazone groups is 1. The smallest absolute Gasteiger partial charge is 0.261 e. The van der Waals surface area contributed by atoms with E-state index in [2.05, 4.69) is 20.8 Å². The summed E-state index contributed by atoms with van der Waals surface area (Å²) in [6.07, 6.45) is 3.27. The van der Waals surface area contributed by atoms with Gasteiger partial charge >= 0.3 is 0 Å². The second kappa shape index (κ2) is 7.52. The Kier molecular flexibility index (Phi) is 4.98. The first-order valence-electron chi connectivity index (χ1n) is 7.24. The Bertz CT molecular complexity index is 843. The van der Waals surface area contributed by atoms with Crippen LogP contribution >= 0.6 is 11.6 Å². The first kappa shape index (κ1) is 15.9. The number of halogens is 1. The Morgan fingerprint density at radius 2 is 1.92 bits per heavy atom. The monoisotopic (exact) mass is 339 g/mol. The normalized spacial score (nSPS) is 10.9. The molecule has 120 valence electrons. The molecule has 0 spiro atoms. The maximum atomic E-state index is 11.9. The Morgan fingerprint density at radius 1 is 1.17 bits per heavy atom. The molecule has 0 aliphatic carbocycles. The number of nitrogens with zero attached hydrogens (tertiary/aromatic N) is 4. The van der Waals surface area contributed by atoms with E-state index in [0.717, 1.165) is 11.1 Å². The van der Waals surface area contributed by atoms with Gasteiger partial charge in [-0.15, -0.1) is 5.10 Å². The van der Waals surface area contributed by atoms with Crippen LogP contribution in [0.3, 0.4) is 0 Å². The standard InChI is InChI=1S/C17H14ClN5O/c18-15-8-6-13(7-9-15)10-19-21-17(24)12-23-11-16(20-22-23)14-4-2-1-3-5-14/h1-11H,12H2,(H,21,24). The van der Waals surface area contributed by atoms with E-state index in [4.69, 9.17) is 11.6 Å². The Hall–Kier alpha value is -2.99. The van der Waals surface area contributed by atoms with Crippen molar-refractivity contribution in [2.24, 2.45) is 5.10 Å². The highest BCUT2D eigenvalue weighted by Gasteiger charge is 2.06. The number of carbonyl (C=O) groups is 1. The lowest BCUT2D eigenvalue weighted by molar-refractivity contribution is -0.121. The van der Waals surface area contributed by atoms with Crippen molar-refractivity contribution >= 4 is 23.7 Å². The summed E-state index contributed by atoms with van der Waals surface area (Å²) in [5, 5.41) is 12.6. The number of carbonyl (C=O) groups excluding carboxylic acids is 1. The van der Waals surface area contributed by atoms with E-state index < -0.39 is 0 Å². The molecule has 0 unspecified atom stereocenters. The molecule has 0 atom stereocenters. The van der Waals surface area contributed by atoms with Gasteiger partial charge in [-0.3, -0.25) is 4.79 Å². The van der Waals surface area contributed by atoms with Gasteiger partial charge in [0.25, 0.3) is 5.91 Å². The van der Waals surface area contributed by atoms with Crippen LogP contribution in [0.1, 0.15) is 5.56 Å². The van der Waals surface area contributed by atoms with Gasteiger partial charge in [-0.25, -0.2) is 10.1 Å². The molecule has 1 amide bonds. The van der Waals surface area contributed by atoms with E-state index in [1.54, 1.807) is 24.5 Å². The van der Waals surface area contributed by atoms with Gasteiger partial charge in [0, 0.05) is 10.6 Å². The first-order valence-corrected chi connectivity index (χ1v) is 7.61. The van der Waals surface area contributed by atoms with Crippen molar-refractivity contribution in [3.8, 4) is 11.3 Å². The maximum Gasteiger partial charge on any atom is 0.261 e. The van der Waals surface area contributed by atoms with Gasteiger partial charge in [0.2, 0.25) is 0 Å². The van der Waals surface area contributed by atoms with Crippen LogP contribution < -0.4 is 5.43 Å². The van der Waals surface area contributed by atoms with E-state index in [-0.39, 0.29) is 12.5 Å². The van der Waals surface area contributed by atoms with Crippen molar-refractivity contribution in [1.29, 1.82) is 0 Å². The molecule has 3 aromatic rings. The highest BCUT2D eigenvalue weighted by Crippen LogP contribution is 2.14. The lowest BCUT2D eigenvalue weighted by atomic mass is 10.2. The molecule has 0 bridgehead atoms. The minimum absolute atomic E-state index is 0.0395. The van der Waals surface area contributed by atoms with E-state index in [1.807, 2.05) is 42.5 Å². The molecule has 0 aliphatic rings. The zero-order valence-electron chi connectivity index (χ0n) is 12.6. The number of aromatic nitrogens is 3. The lowest BCUT2D eigenvalue weighted by Gasteiger charge is -1.99. The third-order valence-electron chi connectivity index (χ3n) is 3.19. The van der Waals surface area contributed by atoms with Crippen LogP contribution in [-0.4, -0.2) is 27.1 Å². The average Bonchev–Trinajstić information content (AvgIpc) is 3.06. The molecular weight excluding hydrogens is 326 g/mol. The second-order valence-electron chi connectivity index (χ2n) is 5.01. The molecule has 0 saturated heterocycles. The van der Waals surface area contributed by atoms with Crippen molar-refractivity contribution in [1.82, 2.24) is 20.4 Å². The summed E-state index contributed by atoms with van der Waals surface area (Å²) in [4.78, 5) is 11.9. The number of nitrogens with one attached hydrogen (secondary N) is 1. The highest BCUT2D eigenvalue weighted by atomic mass is 35.5. The Balaban J connectivity index is 1.55. The van der Waals surface area contributed by atoms with Crippen LogP contribution in [0.5, 0.6) is 0 Å². The number of hydrogen-bond donors (Lipinski definition) is 1. The molecule has 2 aromatic carbocycles. The van der Waals surface area contributed by atoms with Crippen LogP contribution in [0.4, 0.5) is 0 Å². The molecule has 7 heteroatoms. The van der Waals surface area contributed by atoms with Crippen molar-refractivity contribution < 1.29 is 4.79 Å². The molecule has 0 saturated carbocycles. The zero-order valence-corrected chi connectivity index (χ0v) is 13.4. The minimum atomic E-state index is -0.287. The summed E-state index contributed by atoms with van der Waals surface area (Å²) in [5.74, 6) is -0.287. The van der Waals surface area contributed by atoms with Crippen molar-refractivity contribution in [2.45, 2.75) is 6.54 Å². The number of amides is 1. The van der Waals surface area contributed by atoms with Crippen LogP contribution in [0.25, 0.3) is 11.3 Å². The topological polar surface area (TPSA) is 72.2 Å². The van der Waals surface area contributed by atoms with Gasteiger partial charge in [-0.2, -0.15) is 5.10 Å². The summed E-state index contributed by atoms with van der Waals surface area (Å²) in [6, 6.07) is 16.8. The summed E-state index contributed by atoms with van der Waals surface area (Å²) >= 11 is 5.80. The summed E-state index contributed by atoms with van der Waals surface area (Å²) in [6.45, 7) is 0.0395. The van der Waals surface area contributed by atoms with E-state index in [9.17, 15) is 4.79 Å². The minimum Gasteiger partial charge on any atom is -0.271 e. The van der Waals surface area contributed by atoms with Crippen LogP contribution in [0.15, 0.2) is 65.9 Å². The van der Waals surface area contributed by atoms with Gasteiger partial charge in [0.1, 0.15) is 12.2 Å². The summed E-state index contributed by atoms with van der Waals surface area (Å²) in [7, 11) is 0. The molecule has 1 aromatic heterocycles. The largest absolute Gasteiger partial charge is 0.271 e. The number of hydrogen-bond acceptors (Lipinski definition) is 4. The van der Waals surface area contributed by atoms with Crippen molar-refractivity contribution in [3.05, 3.63) is 71.4 Å². The third-order valence-corrected chi connectivity index (χ3v) is 3.44. The molecule has 0 fully saturated rings. The first-order chi connectivity index (χ1) is 11.7. The number of rotatable bonds is 5. The van der Waals surface area contributed by atoms with E-state index >= 15 is 0 Å². The van der Waals surface area contributed by atoms with Gasteiger partial charge in [-0.1, -0.05) is 59.3 Å². The molecule has 24 heavy (non-hydrogen) atoms. The fourth-order valence-electron chi connectivity index (χ4n) is 2.03. The van der Waals surface area contributed by atoms with Crippen LogP contribution in [0, 0.1) is 0 Å². The Labute approximate surface area is 143 Å². The summed E-state index contributed by atoms with van der Waals surface area (Å²) < 4.78 is 1.47. The Morgan fingerprint density at radius 3 is 2.67 bits per heavy atom. The maximum absolute atomic E-state index is 11.9. The fourth-order valence-corrected chi connectivity index (χ4v) is 2.15. The second-order valence-corrected chi connectivity index (χ2v) is 5.45. The molecule has 0 radical (unpaired) electrons. The van der Waals surface area contributed by atoms with E-state index in [1.165, 1.54) is 4.68 Å². The van der Waals surface area contributed by atoms with Crippen molar-refractivity contribution in [2.75, 3.05) is 0 Å². The molecule has 6 nitrogen and oxygen atoms in total. The molecule has 1 N–H and O–H groups in total. The van der Waals surface area contributed by atoms with Crippen LogP contribution in [0.2, 0.25) is 5.02 Å². The van der Waals surface area contributed by atoms with Crippen LogP contribution in [-0.2, 0) is 11.3 Å². The molecule has 1 heterocycles. The van der Waals surface area contributed by atoms with Gasteiger partial charge in [0.15, 0.2) is 0 Å². The lowest BCUT2D eigenvalue weighted by Crippen LogP contribution is -2.23. The zero-order chi connectivity index (χ0) is 16.8. The molecular formula is C17H14ClN5O. The fraction of sp³-hybridized carbons (Fsp3) is 0.0588. The highest BCUT2D eigenvalue weighted by molar-refractivity contribution is 6.30. The molecule has 0 aliphatic heterocycles. The predicted molar refractivity (Wildman–Crippen MR) is 92.6 cm³/mol. The average molecular weight is 340 g/mol. The van der Waals surface area contributed by atoms with Crippen molar-refractivity contribution in [3.63, 3.8) is 0 Å². The quantitative estimate of drug-likeness (QED) is 0.574. The SMILES string of the molecule is O=C(Cn1cc(-c2ccccc2)nn1)NN=Cc1ccc(Cl)cc1. The van der Waals surface area contributed by atoms with Gasteiger partial charge < -0.3 is 0 Å². The van der Waals surface area contributed by atoms with Gasteiger partial charge in [0.05, 0.1) is 12.4 Å².